The van der Waals surface area contributed by atoms with Crippen LogP contribution in [0.5, 0.6) is 0 Å². The number of nitrogens with one attached hydrogen (secondary N) is 1. The van der Waals surface area contributed by atoms with Crippen LogP contribution < -0.4 is 5.32 Å². The molecule has 4 rings (SSSR count). The van der Waals surface area contributed by atoms with Crippen LogP contribution in [0.15, 0.2) is 6.07 Å². The summed E-state index contributed by atoms with van der Waals surface area (Å²) in [6, 6.07) is 2.82. The molecule has 1 aliphatic carbocycles. The summed E-state index contributed by atoms with van der Waals surface area (Å²) in [6.45, 7) is 3.24. The van der Waals surface area contributed by atoms with Crippen LogP contribution in [0.25, 0.3) is 0 Å². The monoisotopic (exact) mass is 320 g/mol. The molecule has 1 N–H and O–H groups in total. The smallest absolute Gasteiger partial charge is 0.226 e. The van der Waals surface area contributed by atoms with E-state index in [1.807, 2.05) is 16.7 Å². The second-order valence-corrected chi connectivity index (χ2v) is 7.83. The molecule has 22 heavy (non-hydrogen) atoms. The standard InChI is InChI=1S/C16H24N4OS/c21-16(12-2-1-3-12)19-5-6-20-15(10-19)8-14(18-20)9-17-13-4-7-22-11-13/h8,12-13,17H,1-7,9-11H2/t13-/m1/s1. The molecular formula is C16H24N4OS. The fraction of sp³-hybridized carbons (Fsp3) is 0.750. The van der Waals surface area contributed by atoms with E-state index in [1.54, 1.807) is 0 Å². The molecule has 1 amide bonds. The van der Waals surface area contributed by atoms with Crippen molar-refractivity contribution in [2.75, 3.05) is 18.1 Å². The van der Waals surface area contributed by atoms with E-state index >= 15 is 0 Å². The Morgan fingerprint density at radius 2 is 2.27 bits per heavy atom. The summed E-state index contributed by atoms with van der Waals surface area (Å²) in [5.74, 6) is 3.16. The van der Waals surface area contributed by atoms with Gasteiger partial charge in [0.15, 0.2) is 0 Å². The number of aromatic nitrogens is 2. The highest BCUT2D eigenvalue weighted by Crippen LogP contribution is 2.29. The third-order valence-electron chi connectivity index (χ3n) is 5.12. The maximum Gasteiger partial charge on any atom is 0.226 e. The van der Waals surface area contributed by atoms with Gasteiger partial charge in [-0.05, 0) is 31.1 Å². The fourth-order valence-electron chi connectivity index (χ4n) is 3.46. The van der Waals surface area contributed by atoms with E-state index in [4.69, 9.17) is 5.10 Å². The van der Waals surface area contributed by atoms with E-state index in [9.17, 15) is 4.79 Å². The summed E-state index contributed by atoms with van der Waals surface area (Å²) in [5, 5.41) is 8.29. The number of carbonyl (C=O) groups excluding carboxylic acids is 1. The van der Waals surface area contributed by atoms with Crippen molar-refractivity contribution in [1.29, 1.82) is 0 Å². The fourth-order valence-corrected chi connectivity index (χ4v) is 4.65. The normalized spacial score (nSPS) is 25.1. The molecule has 3 heterocycles. The zero-order valence-corrected chi connectivity index (χ0v) is 13.8. The summed E-state index contributed by atoms with van der Waals surface area (Å²) in [5.41, 5.74) is 2.31. The molecule has 120 valence electrons. The lowest BCUT2D eigenvalue weighted by atomic mass is 9.84. The lowest BCUT2D eigenvalue weighted by molar-refractivity contribution is -0.139. The van der Waals surface area contributed by atoms with Crippen molar-refractivity contribution in [2.24, 2.45) is 5.92 Å². The van der Waals surface area contributed by atoms with Gasteiger partial charge in [-0.25, -0.2) is 0 Å². The summed E-state index contributed by atoms with van der Waals surface area (Å²) in [6.07, 6.45) is 4.66. The van der Waals surface area contributed by atoms with E-state index in [-0.39, 0.29) is 0 Å². The molecular weight excluding hydrogens is 296 g/mol. The Kier molecular flexibility index (Phi) is 4.13. The van der Waals surface area contributed by atoms with Gasteiger partial charge < -0.3 is 10.2 Å². The van der Waals surface area contributed by atoms with Gasteiger partial charge >= 0.3 is 0 Å². The van der Waals surface area contributed by atoms with E-state index in [2.05, 4.69) is 16.1 Å². The van der Waals surface area contributed by atoms with Crippen molar-refractivity contribution >= 4 is 17.7 Å². The maximum atomic E-state index is 12.4. The molecule has 1 saturated heterocycles. The third-order valence-corrected chi connectivity index (χ3v) is 6.28. The summed E-state index contributed by atoms with van der Waals surface area (Å²) in [7, 11) is 0. The van der Waals surface area contributed by atoms with Gasteiger partial charge in [0.2, 0.25) is 5.91 Å². The van der Waals surface area contributed by atoms with Crippen LogP contribution >= 0.6 is 11.8 Å². The molecule has 3 aliphatic rings. The quantitative estimate of drug-likeness (QED) is 0.916. The molecule has 0 aromatic carbocycles. The zero-order chi connectivity index (χ0) is 14.9. The average molecular weight is 320 g/mol. The highest BCUT2D eigenvalue weighted by Gasteiger charge is 2.31. The number of carbonyl (C=O) groups is 1. The molecule has 5 nitrogen and oxygen atoms in total. The Morgan fingerprint density at radius 1 is 1.36 bits per heavy atom. The molecule has 0 spiro atoms. The van der Waals surface area contributed by atoms with Crippen LogP contribution in [0.3, 0.4) is 0 Å². The molecule has 0 bridgehead atoms. The van der Waals surface area contributed by atoms with E-state index < -0.39 is 0 Å². The van der Waals surface area contributed by atoms with Crippen molar-refractivity contribution in [2.45, 2.75) is 51.4 Å². The van der Waals surface area contributed by atoms with Crippen LogP contribution in [0, 0.1) is 5.92 Å². The predicted octanol–water partition coefficient (Wildman–Crippen LogP) is 1.62. The number of fused-ring (bicyclic) bond motifs is 1. The maximum absolute atomic E-state index is 12.4. The molecule has 2 aliphatic heterocycles. The Bertz CT molecular complexity index is 548. The number of amides is 1. The van der Waals surface area contributed by atoms with Gasteiger partial charge in [-0.3, -0.25) is 9.48 Å². The molecule has 1 atom stereocenters. The van der Waals surface area contributed by atoms with Gasteiger partial charge in [0.1, 0.15) is 0 Å². The van der Waals surface area contributed by atoms with Gasteiger partial charge in [-0.15, -0.1) is 0 Å². The molecule has 2 fully saturated rings. The van der Waals surface area contributed by atoms with Gasteiger partial charge in [-0.2, -0.15) is 16.9 Å². The largest absolute Gasteiger partial charge is 0.335 e. The SMILES string of the molecule is O=C(C1CCC1)N1CCn2nc(CN[C@@H]3CCSC3)cc2C1. The molecule has 6 heteroatoms. The number of rotatable bonds is 4. The van der Waals surface area contributed by atoms with Crippen molar-refractivity contribution in [3.05, 3.63) is 17.5 Å². The predicted molar refractivity (Wildman–Crippen MR) is 87.6 cm³/mol. The summed E-state index contributed by atoms with van der Waals surface area (Å²) >= 11 is 2.03. The minimum absolute atomic E-state index is 0.301. The van der Waals surface area contributed by atoms with Crippen LogP contribution in [0.2, 0.25) is 0 Å². The minimum Gasteiger partial charge on any atom is -0.335 e. The Balaban J connectivity index is 1.36. The van der Waals surface area contributed by atoms with Gasteiger partial charge in [0, 0.05) is 30.8 Å². The molecule has 1 aromatic heterocycles. The van der Waals surface area contributed by atoms with E-state index in [1.165, 1.54) is 30.0 Å². The first kappa shape index (κ1) is 14.6. The van der Waals surface area contributed by atoms with Crippen molar-refractivity contribution in [3.63, 3.8) is 0 Å². The lowest BCUT2D eigenvalue weighted by Gasteiger charge is -2.34. The molecule has 1 saturated carbocycles. The Morgan fingerprint density at radius 3 is 3.00 bits per heavy atom. The number of thioether (sulfide) groups is 1. The average Bonchev–Trinajstić information content (AvgIpc) is 3.11. The number of hydrogen-bond donors (Lipinski definition) is 1. The van der Waals surface area contributed by atoms with Gasteiger partial charge in [0.05, 0.1) is 24.5 Å². The molecule has 0 unspecified atom stereocenters. The summed E-state index contributed by atoms with van der Waals surface area (Å²) < 4.78 is 2.09. The van der Waals surface area contributed by atoms with Gasteiger partial charge in [0.25, 0.3) is 0 Å². The highest BCUT2D eigenvalue weighted by molar-refractivity contribution is 7.99. The third kappa shape index (κ3) is 2.91. The highest BCUT2D eigenvalue weighted by atomic mass is 32.2. The van der Waals surface area contributed by atoms with Crippen molar-refractivity contribution < 1.29 is 4.79 Å². The minimum atomic E-state index is 0.301. The van der Waals surface area contributed by atoms with Crippen LogP contribution in [-0.2, 0) is 24.4 Å². The van der Waals surface area contributed by atoms with Crippen LogP contribution in [0.1, 0.15) is 37.1 Å². The number of hydrogen-bond acceptors (Lipinski definition) is 4. The second kappa shape index (κ2) is 6.24. The first-order valence-corrected chi connectivity index (χ1v) is 9.60. The Labute approximate surface area is 135 Å². The summed E-state index contributed by atoms with van der Waals surface area (Å²) in [4.78, 5) is 14.4. The van der Waals surface area contributed by atoms with Crippen molar-refractivity contribution in [3.8, 4) is 0 Å². The lowest BCUT2D eigenvalue weighted by Crippen LogP contribution is -2.43. The van der Waals surface area contributed by atoms with Crippen LogP contribution in [-0.4, -0.2) is 44.7 Å². The number of nitrogens with zero attached hydrogens (tertiary/aromatic N) is 3. The van der Waals surface area contributed by atoms with E-state index in [0.717, 1.165) is 44.7 Å². The second-order valence-electron chi connectivity index (χ2n) is 6.68. The Hall–Kier alpha value is -1.01. The van der Waals surface area contributed by atoms with Gasteiger partial charge in [-0.1, -0.05) is 6.42 Å². The van der Waals surface area contributed by atoms with E-state index in [0.29, 0.717) is 17.9 Å². The van der Waals surface area contributed by atoms with Crippen molar-refractivity contribution in [1.82, 2.24) is 20.0 Å². The van der Waals surface area contributed by atoms with Crippen LogP contribution in [0.4, 0.5) is 0 Å². The topological polar surface area (TPSA) is 50.2 Å². The molecule has 1 aromatic rings. The first-order valence-electron chi connectivity index (χ1n) is 8.45. The zero-order valence-electron chi connectivity index (χ0n) is 13.0. The first-order chi connectivity index (χ1) is 10.8. The molecule has 0 radical (unpaired) electrons.